The molecule has 4 heteroatoms. The van der Waals surface area contributed by atoms with Crippen molar-refractivity contribution in [2.45, 2.75) is 52.4 Å². The molecule has 0 aliphatic carbocycles. The predicted molar refractivity (Wildman–Crippen MR) is 87.7 cm³/mol. The van der Waals surface area contributed by atoms with Gasteiger partial charge in [0.2, 0.25) is 0 Å². The van der Waals surface area contributed by atoms with E-state index in [2.05, 4.69) is 6.92 Å². The molecule has 0 aromatic heterocycles. The Labute approximate surface area is 132 Å². The van der Waals surface area contributed by atoms with E-state index in [0.717, 1.165) is 18.5 Å². The van der Waals surface area contributed by atoms with Crippen LogP contribution in [0.1, 0.15) is 62.7 Å². The van der Waals surface area contributed by atoms with Crippen LogP contribution in [0.4, 0.5) is 5.69 Å². The molecule has 0 atom stereocenters. The highest BCUT2D eigenvalue weighted by Crippen LogP contribution is 2.33. The van der Waals surface area contributed by atoms with Crippen molar-refractivity contribution in [3.63, 3.8) is 0 Å². The first kappa shape index (κ1) is 16.5. The first-order chi connectivity index (χ1) is 10.7. The molecule has 120 valence electrons. The number of hydrogen-bond donors (Lipinski definition) is 0. The summed E-state index contributed by atoms with van der Waals surface area (Å²) in [5.41, 5.74) is 1.39. The number of ketones is 1. The van der Waals surface area contributed by atoms with Crippen molar-refractivity contribution >= 4 is 17.4 Å². The van der Waals surface area contributed by atoms with E-state index in [-0.39, 0.29) is 18.3 Å². The molecule has 0 N–H and O–H groups in total. The van der Waals surface area contributed by atoms with Crippen LogP contribution in [-0.4, -0.2) is 24.8 Å². The Hall–Kier alpha value is -1.84. The lowest BCUT2D eigenvalue weighted by Gasteiger charge is -2.29. The number of ether oxygens (including phenoxy) is 1. The number of rotatable bonds is 8. The fraction of sp³-hybridized carbons (Fsp3) is 0.556. The van der Waals surface area contributed by atoms with Crippen LogP contribution in [0.5, 0.6) is 5.75 Å². The molecule has 1 heterocycles. The van der Waals surface area contributed by atoms with E-state index >= 15 is 0 Å². The molecule has 1 aromatic carbocycles. The molecule has 1 amide bonds. The van der Waals surface area contributed by atoms with Gasteiger partial charge in [-0.05, 0) is 24.6 Å². The van der Waals surface area contributed by atoms with E-state index in [1.165, 1.54) is 19.3 Å². The van der Waals surface area contributed by atoms with Crippen molar-refractivity contribution in [3.8, 4) is 5.75 Å². The van der Waals surface area contributed by atoms with Crippen LogP contribution in [0.25, 0.3) is 0 Å². The van der Waals surface area contributed by atoms with Gasteiger partial charge in [0.05, 0.1) is 5.69 Å². The summed E-state index contributed by atoms with van der Waals surface area (Å²) in [6.07, 6.45) is 6.23. The molecule has 0 fully saturated rings. The Balaban J connectivity index is 2.10. The van der Waals surface area contributed by atoms with E-state index < -0.39 is 0 Å². The zero-order chi connectivity index (χ0) is 15.9. The van der Waals surface area contributed by atoms with Crippen molar-refractivity contribution in [2.75, 3.05) is 18.1 Å². The number of unbranched alkanes of at least 4 members (excludes halogenated alkanes) is 4. The second-order valence-corrected chi connectivity index (χ2v) is 5.71. The summed E-state index contributed by atoms with van der Waals surface area (Å²) >= 11 is 0. The Morgan fingerprint density at radius 3 is 2.68 bits per heavy atom. The molecule has 1 aliphatic rings. The highest BCUT2D eigenvalue weighted by Gasteiger charge is 2.25. The minimum Gasteiger partial charge on any atom is -0.482 e. The third-order valence-electron chi connectivity index (χ3n) is 4.03. The summed E-state index contributed by atoms with van der Waals surface area (Å²) < 4.78 is 5.48. The van der Waals surface area contributed by atoms with Crippen LogP contribution in [0, 0.1) is 0 Å². The van der Waals surface area contributed by atoms with Crippen LogP contribution in [0.2, 0.25) is 0 Å². The lowest BCUT2D eigenvalue weighted by Crippen LogP contribution is -2.39. The molecule has 1 aliphatic heterocycles. The number of hydrogen-bond acceptors (Lipinski definition) is 3. The molecule has 2 rings (SSSR count). The van der Waals surface area contributed by atoms with Crippen LogP contribution in [0.3, 0.4) is 0 Å². The SMILES string of the molecule is CCCCCCCN1C(=O)COc2ccc(C(=O)CC)cc21. The minimum atomic E-state index is -0.0240. The van der Waals surface area contributed by atoms with Crippen molar-refractivity contribution < 1.29 is 14.3 Å². The Morgan fingerprint density at radius 2 is 1.95 bits per heavy atom. The number of benzene rings is 1. The first-order valence-electron chi connectivity index (χ1n) is 8.27. The normalized spacial score (nSPS) is 13.7. The maximum atomic E-state index is 12.1. The van der Waals surface area contributed by atoms with Crippen LogP contribution in [-0.2, 0) is 4.79 Å². The molecule has 0 saturated carbocycles. The Bertz CT molecular complexity index is 539. The van der Waals surface area contributed by atoms with Gasteiger partial charge in [0.15, 0.2) is 12.4 Å². The fourth-order valence-corrected chi connectivity index (χ4v) is 2.70. The van der Waals surface area contributed by atoms with Gasteiger partial charge >= 0.3 is 0 Å². The van der Waals surface area contributed by atoms with Crippen LogP contribution in [0.15, 0.2) is 18.2 Å². The van der Waals surface area contributed by atoms with Gasteiger partial charge in [-0.15, -0.1) is 0 Å². The summed E-state index contributed by atoms with van der Waals surface area (Å²) in [4.78, 5) is 25.8. The largest absolute Gasteiger partial charge is 0.482 e. The highest BCUT2D eigenvalue weighted by atomic mass is 16.5. The Morgan fingerprint density at radius 1 is 1.18 bits per heavy atom. The second-order valence-electron chi connectivity index (χ2n) is 5.71. The molecular weight excluding hydrogens is 278 g/mol. The van der Waals surface area contributed by atoms with Gasteiger partial charge in [0.1, 0.15) is 5.75 Å². The summed E-state index contributed by atoms with van der Waals surface area (Å²) in [6, 6.07) is 5.37. The number of amides is 1. The smallest absolute Gasteiger partial charge is 0.265 e. The van der Waals surface area contributed by atoms with Crippen LogP contribution < -0.4 is 9.64 Å². The van der Waals surface area contributed by atoms with Crippen LogP contribution >= 0.6 is 0 Å². The number of carbonyl (C=O) groups excluding carboxylic acids is 2. The van der Waals surface area contributed by atoms with E-state index in [0.29, 0.717) is 24.3 Å². The predicted octanol–water partition coefficient (Wildman–Crippen LogP) is 3.98. The third-order valence-corrected chi connectivity index (χ3v) is 4.03. The lowest BCUT2D eigenvalue weighted by atomic mass is 10.1. The Kier molecular flexibility index (Phi) is 5.99. The fourth-order valence-electron chi connectivity index (χ4n) is 2.70. The van der Waals surface area contributed by atoms with E-state index in [9.17, 15) is 9.59 Å². The van der Waals surface area contributed by atoms with Gasteiger partial charge in [-0.3, -0.25) is 9.59 Å². The molecule has 22 heavy (non-hydrogen) atoms. The maximum Gasteiger partial charge on any atom is 0.265 e. The average Bonchev–Trinajstić information content (AvgIpc) is 2.55. The quantitative estimate of drug-likeness (QED) is 0.539. The molecule has 0 spiro atoms. The molecule has 0 bridgehead atoms. The van der Waals surface area contributed by atoms with Gasteiger partial charge in [-0.25, -0.2) is 0 Å². The van der Waals surface area contributed by atoms with Gasteiger partial charge in [0, 0.05) is 18.5 Å². The van der Waals surface area contributed by atoms with Gasteiger partial charge in [-0.1, -0.05) is 39.5 Å². The highest BCUT2D eigenvalue weighted by molar-refractivity contribution is 6.01. The molecular formula is C18H25NO3. The van der Waals surface area contributed by atoms with Gasteiger partial charge < -0.3 is 9.64 Å². The number of anilines is 1. The number of carbonyl (C=O) groups is 2. The zero-order valence-corrected chi connectivity index (χ0v) is 13.6. The molecule has 4 nitrogen and oxygen atoms in total. The van der Waals surface area contributed by atoms with E-state index in [1.807, 2.05) is 6.92 Å². The van der Waals surface area contributed by atoms with Crippen molar-refractivity contribution in [2.24, 2.45) is 0 Å². The maximum absolute atomic E-state index is 12.1. The summed E-state index contributed by atoms with van der Waals surface area (Å²) in [5.74, 6) is 0.758. The summed E-state index contributed by atoms with van der Waals surface area (Å²) in [6.45, 7) is 4.81. The van der Waals surface area contributed by atoms with E-state index in [1.54, 1.807) is 23.1 Å². The van der Waals surface area contributed by atoms with Crippen molar-refractivity contribution in [3.05, 3.63) is 23.8 Å². The standard InChI is InChI=1S/C18H25NO3/c1-3-5-6-7-8-11-19-15-12-14(16(20)4-2)9-10-17(15)22-13-18(19)21/h9-10,12H,3-8,11,13H2,1-2H3. The molecule has 0 unspecified atom stereocenters. The first-order valence-corrected chi connectivity index (χ1v) is 8.27. The van der Waals surface area contributed by atoms with Gasteiger partial charge in [-0.2, -0.15) is 0 Å². The van der Waals surface area contributed by atoms with Crippen molar-refractivity contribution in [1.82, 2.24) is 0 Å². The molecule has 0 radical (unpaired) electrons. The monoisotopic (exact) mass is 303 g/mol. The van der Waals surface area contributed by atoms with Crippen molar-refractivity contribution in [1.29, 1.82) is 0 Å². The topological polar surface area (TPSA) is 46.6 Å². The summed E-state index contributed by atoms with van der Waals surface area (Å²) in [7, 11) is 0. The lowest BCUT2D eigenvalue weighted by molar-refractivity contribution is -0.121. The van der Waals surface area contributed by atoms with E-state index in [4.69, 9.17) is 4.74 Å². The minimum absolute atomic E-state index is 0.0240. The zero-order valence-electron chi connectivity index (χ0n) is 13.6. The number of nitrogens with zero attached hydrogens (tertiary/aromatic N) is 1. The molecule has 1 aromatic rings. The number of fused-ring (bicyclic) bond motifs is 1. The molecule has 0 saturated heterocycles. The second kappa shape index (κ2) is 7.97. The summed E-state index contributed by atoms with van der Waals surface area (Å²) in [5, 5.41) is 0. The number of Topliss-reactive ketones (excluding diaryl/α,β-unsaturated/α-hetero) is 1. The third kappa shape index (κ3) is 3.87. The average molecular weight is 303 g/mol. The van der Waals surface area contributed by atoms with Gasteiger partial charge in [0.25, 0.3) is 5.91 Å².